The lowest BCUT2D eigenvalue weighted by atomic mass is 10.4. The Labute approximate surface area is 90.4 Å². The number of hydrogen-bond acceptors (Lipinski definition) is 3. The first-order valence-corrected chi connectivity index (χ1v) is 5.08. The van der Waals surface area contributed by atoms with Crippen molar-refractivity contribution < 1.29 is 9.53 Å². The molecule has 0 amide bonds. The summed E-state index contributed by atoms with van der Waals surface area (Å²) in [6.45, 7) is 2.89. The molecule has 0 aliphatic carbocycles. The van der Waals surface area contributed by atoms with Crippen molar-refractivity contribution in [3.8, 4) is 0 Å². The van der Waals surface area contributed by atoms with Gasteiger partial charge in [0.2, 0.25) is 0 Å². The lowest BCUT2D eigenvalue weighted by molar-refractivity contribution is 0.0599. The largest absolute Gasteiger partial charge is 0.465 e. The van der Waals surface area contributed by atoms with Crippen LogP contribution >= 0.6 is 22.6 Å². The van der Waals surface area contributed by atoms with Gasteiger partial charge in [-0.2, -0.15) is 5.10 Å². The zero-order valence-electron chi connectivity index (χ0n) is 7.58. The van der Waals surface area contributed by atoms with Crippen molar-refractivity contribution in [2.45, 2.75) is 19.9 Å². The molecule has 72 valence electrons. The van der Waals surface area contributed by atoms with Gasteiger partial charge in [0.25, 0.3) is 0 Å². The van der Waals surface area contributed by atoms with Gasteiger partial charge in [0.05, 0.1) is 13.3 Å². The number of rotatable bonds is 3. The molecule has 13 heavy (non-hydrogen) atoms. The van der Waals surface area contributed by atoms with Gasteiger partial charge in [0.15, 0.2) is 0 Å². The summed E-state index contributed by atoms with van der Waals surface area (Å²) in [7, 11) is 1.37. The summed E-state index contributed by atoms with van der Waals surface area (Å²) in [4.78, 5) is 11.2. The number of hydrogen-bond donors (Lipinski definition) is 0. The molecular formula is C8H11IN2O2. The molecule has 0 aliphatic rings. The first kappa shape index (κ1) is 10.5. The average Bonchev–Trinajstić information content (AvgIpc) is 2.48. The van der Waals surface area contributed by atoms with Crippen molar-refractivity contribution in [1.82, 2.24) is 9.78 Å². The van der Waals surface area contributed by atoms with Gasteiger partial charge in [-0.1, -0.05) is 6.92 Å². The molecule has 0 saturated carbocycles. The minimum absolute atomic E-state index is 0.327. The van der Waals surface area contributed by atoms with Gasteiger partial charge in [-0.15, -0.1) is 0 Å². The number of esters is 1. The van der Waals surface area contributed by atoms with E-state index in [4.69, 9.17) is 0 Å². The molecule has 0 atom stereocenters. The Kier molecular flexibility index (Phi) is 3.71. The first-order valence-electron chi connectivity index (χ1n) is 4.00. The predicted octanol–water partition coefficient (Wildman–Crippen LogP) is 1.68. The molecule has 0 aromatic carbocycles. The van der Waals surface area contributed by atoms with E-state index in [1.807, 2.05) is 0 Å². The normalized spacial score (nSPS) is 10.1. The maximum atomic E-state index is 11.2. The minimum atomic E-state index is -0.327. The second-order valence-electron chi connectivity index (χ2n) is 2.56. The lowest BCUT2D eigenvalue weighted by Crippen LogP contribution is -2.05. The molecule has 0 unspecified atom stereocenters. The highest BCUT2D eigenvalue weighted by atomic mass is 127. The third-order valence-corrected chi connectivity index (χ3v) is 2.75. The molecule has 0 fully saturated rings. The van der Waals surface area contributed by atoms with Crippen LogP contribution in [0.4, 0.5) is 0 Å². The number of halogens is 1. The summed E-state index contributed by atoms with van der Waals surface area (Å²) < 4.78 is 7.25. The van der Waals surface area contributed by atoms with Crippen LogP contribution in [0, 0.1) is 3.70 Å². The number of aromatic nitrogens is 2. The Morgan fingerprint density at radius 1 is 1.77 bits per heavy atom. The van der Waals surface area contributed by atoms with Gasteiger partial charge in [-0.05, 0) is 29.0 Å². The standard InChI is InChI=1S/C8H11IN2O2/c1-3-4-11-7(9)6(5-10-11)8(12)13-2/h5H,3-4H2,1-2H3. The van der Waals surface area contributed by atoms with Crippen LogP contribution in [0.5, 0.6) is 0 Å². The average molecular weight is 294 g/mol. The Balaban J connectivity index is 2.92. The minimum Gasteiger partial charge on any atom is -0.465 e. The zero-order chi connectivity index (χ0) is 9.84. The second-order valence-corrected chi connectivity index (χ2v) is 3.59. The maximum absolute atomic E-state index is 11.2. The van der Waals surface area contributed by atoms with Crippen molar-refractivity contribution in [3.05, 3.63) is 15.5 Å². The van der Waals surface area contributed by atoms with Crippen LogP contribution in [0.3, 0.4) is 0 Å². The maximum Gasteiger partial charge on any atom is 0.342 e. The number of nitrogens with zero attached hydrogens (tertiary/aromatic N) is 2. The molecule has 4 nitrogen and oxygen atoms in total. The smallest absolute Gasteiger partial charge is 0.342 e. The van der Waals surface area contributed by atoms with Crippen LogP contribution in [0.15, 0.2) is 6.20 Å². The highest BCUT2D eigenvalue weighted by molar-refractivity contribution is 14.1. The molecule has 0 bridgehead atoms. The van der Waals surface area contributed by atoms with E-state index in [0.29, 0.717) is 5.56 Å². The van der Waals surface area contributed by atoms with Gasteiger partial charge in [-0.25, -0.2) is 4.79 Å². The monoisotopic (exact) mass is 294 g/mol. The van der Waals surface area contributed by atoms with Crippen LogP contribution in [0.25, 0.3) is 0 Å². The summed E-state index contributed by atoms with van der Waals surface area (Å²) in [5, 5.41) is 4.08. The van der Waals surface area contributed by atoms with Crippen LogP contribution in [-0.2, 0) is 11.3 Å². The van der Waals surface area contributed by atoms with Crippen molar-refractivity contribution in [1.29, 1.82) is 0 Å². The fourth-order valence-electron chi connectivity index (χ4n) is 0.985. The van der Waals surface area contributed by atoms with E-state index in [1.54, 1.807) is 10.9 Å². The van der Waals surface area contributed by atoms with E-state index in [1.165, 1.54) is 7.11 Å². The summed E-state index contributed by atoms with van der Waals surface area (Å²) >= 11 is 2.10. The molecule has 0 N–H and O–H groups in total. The third kappa shape index (κ3) is 2.20. The molecule has 0 radical (unpaired) electrons. The number of carbonyl (C=O) groups is 1. The number of methoxy groups -OCH3 is 1. The topological polar surface area (TPSA) is 44.1 Å². The first-order chi connectivity index (χ1) is 6.20. The van der Waals surface area contributed by atoms with E-state index in [0.717, 1.165) is 16.7 Å². The summed E-state index contributed by atoms with van der Waals surface area (Å²) in [6, 6.07) is 0. The van der Waals surface area contributed by atoms with Crippen molar-refractivity contribution >= 4 is 28.6 Å². The van der Waals surface area contributed by atoms with Gasteiger partial charge < -0.3 is 4.74 Å². The van der Waals surface area contributed by atoms with Gasteiger partial charge >= 0.3 is 5.97 Å². The Hall–Kier alpha value is -0.590. The number of ether oxygens (including phenoxy) is 1. The fourth-order valence-corrected chi connectivity index (χ4v) is 1.71. The third-order valence-electron chi connectivity index (χ3n) is 1.62. The lowest BCUT2D eigenvalue weighted by Gasteiger charge is -2.00. The Morgan fingerprint density at radius 3 is 3.00 bits per heavy atom. The quantitative estimate of drug-likeness (QED) is 0.629. The molecule has 1 heterocycles. The van der Waals surface area contributed by atoms with Crippen molar-refractivity contribution in [3.63, 3.8) is 0 Å². The van der Waals surface area contributed by atoms with Crippen LogP contribution in [0.1, 0.15) is 23.7 Å². The molecule has 1 rings (SSSR count). The second kappa shape index (κ2) is 4.59. The molecule has 0 saturated heterocycles. The van der Waals surface area contributed by atoms with Gasteiger partial charge in [-0.3, -0.25) is 4.68 Å². The molecule has 1 aromatic heterocycles. The van der Waals surface area contributed by atoms with Crippen LogP contribution < -0.4 is 0 Å². The van der Waals surface area contributed by atoms with E-state index in [-0.39, 0.29) is 5.97 Å². The van der Waals surface area contributed by atoms with Gasteiger partial charge in [0, 0.05) is 6.54 Å². The van der Waals surface area contributed by atoms with E-state index in [9.17, 15) is 4.79 Å². The number of carbonyl (C=O) groups excluding carboxylic acids is 1. The molecule has 5 heteroatoms. The van der Waals surface area contributed by atoms with E-state index >= 15 is 0 Å². The van der Waals surface area contributed by atoms with Crippen LogP contribution in [-0.4, -0.2) is 22.9 Å². The fraction of sp³-hybridized carbons (Fsp3) is 0.500. The Bertz CT molecular complexity index is 309. The predicted molar refractivity (Wildman–Crippen MR) is 56.6 cm³/mol. The van der Waals surface area contributed by atoms with Crippen molar-refractivity contribution in [2.24, 2.45) is 0 Å². The molecule has 0 aliphatic heterocycles. The highest BCUT2D eigenvalue weighted by Gasteiger charge is 2.14. The number of aryl methyl sites for hydroxylation is 1. The summed E-state index contributed by atoms with van der Waals surface area (Å²) in [6.07, 6.45) is 2.54. The summed E-state index contributed by atoms with van der Waals surface area (Å²) in [5.41, 5.74) is 0.538. The molecular weight excluding hydrogens is 283 g/mol. The van der Waals surface area contributed by atoms with E-state index < -0.39 is 0 Å². The van der Waals surface area contributed by atoms with Crippen molar-refractivity contribution in [2.75, 3.05) is 7.11 Å². The van der Waals surface area contributed by atoms with E-state index in [2.05, 4.69) is 39.4 Å². The molecule has 1 aromatic rings. The summed E-state index contributed by atoms with van der Waals surface area (Å²) in [5.74, 6) is -0.327. The van der Waals surface area contributed by atoms with Crippen LogP contribution in [0.2, 0.25) is 0 Å². The SMILES string of the molecule is CCCn1ncc(C(=O)OC)c1I. The highest BCUT2D eigenvalue weighted by Crippen LogP contribution is 2.12. The van der Waals surface area contributed by atoms with Gasteiger partial charge in [0.1, 0.15) is 9.26 Å². The Morgan fingerprint density at radius 2 is 2.46 bits per heavy atom. The zero-order valence-corrected chi connectivity index (χ0v) is 9.74. The molecule has 0 spiro atoms.